The Morgan fingerprint density at radius 3 is 2.24 bits per heavy atom. The van der Waals surface area contributed by atoms with Gasteiger partial charge in [0.15, 0.2) is 0 Å². The Balaban J connectivity index is 2.64. The first-order valence-electron chi connectivity index (χ1n) is 6.93. The first-order valence-corrected chi connectivity index (χ1v) is 6.93. The maximum atomic E-state index is 3.41. The van der Waals surface area contributed by atoms with E-state index in [1.54, 1.807) is 0 Å². The van der Waals surface area contributed by atoms with E-state index in [9.17, 15) is 0 Å². The van der Waals surface area contributed by atoms with Crippen LogP contribution in [0.25, 0.3) is 0 Å². The van der Waals surface area contributed by atoms with Gasteiger partial charge in [-0.25, -0.2) is 0 Å². The maximum absolute atomic E-state index is 3.41. The van der Waals surface area contributed by atoms with Crippen LogP contribution >= 0.6 is 0 Å². The van der Waals surface area contributed by atoms with Gasteiger partial charge < -0.3 is 5.32 Å². The monoisotopic (exact) mass is 233 g/mol. The summed E-state index contributed by atoms with van der Waals surface area (Å²) in [6, 6.07) is 9.64. The Morgan fingerprint density at radius 2 is 1.76 bits per heavy atom. The van der Waals surface area contributed by atoms with Crippen molar-refractivity contribution in [2.24, 2.45) is 5.92 Å². The molecular formula is C16H27N. The zero-order valence-corrected chi connectivity index (χ0v) is 11.8. The molecule has 0 aliphatic heterocycles. The van der Waals surface area contributed by atoms with Crippen LogP contribution in [-0.2, 0) is 6.42 Å². The lowest BCUT2D eigenvalue weighted by Gasteiger charge is -2.19. The molecule has 17 heavy (non-hydrogen) atoms. The summed E-state index contributed by atoms with van der Waals surface area (Å²) in [6.07, 6.45) is 4.98. The predicted molar refractivity (Wildman–Crippen MR) is 76.3 cm³/mol. The van der Waals surface area contributed by atoms with Gasteiger partial charge >= 0.3 is 0 Å². The molecule has 0 heterocycles. The third-order valence-corrected chi connectivity index (χ3v) is 3.26. The topological polar surface area (TPSA) is 12.0 Å². The van der Waals surface area contributed by atoms with Gasteiger partial charge in [-0.05, 0) is 43.4 Å². The molecule has 0 bridgehead atoms. The number of nitrogens with one attached hydrogen (secondary N) is 1. The van der Waals surface area contributed by atoms with Crippen LogP contribution in [0.2, 0.25) is 0 Å². The van der Waals surface area contributed by atoms with Gasteiger partial charge in [-0.1, -0.05) is 51.5 Å². The van der Waals surface area contributed by atoms with Gasteiger partial charge in [0.1, 0.15) is 0 Å². The minimum atomic E-state index is 0.496. The normalized spacial score (nSPS) is 13.0. The lowest BCUT2D eigenvalue weighted by molar-refractivity contribution is 0.456. The minimum Gasteiger partial charge on any atom is -0.313 e. The van der Waals surface area contributed by atoms with E-state index in [1.165, 1.54) is 36.8 Å². The molecule has 0 amide bonds. The quantitative estimate of drug-likeness (QED) is 0.739. The van der Waals surface area contributed by atoms with E-state index in [-0.39, 0.29) is 0 Å². The summed E-state index contributed by atoms with van der Waals surface area (Å²) in [6.45, 7) is 6.80. The molecule has 0 aromatic heterocycles. The van der Waals surface area contributed by atoms with E-state index in [1.807, 2.05) is 0 Å². The predicted octanol–water partition coefficient (Wildman–Crippen LogP) is 4.34. The number of aryl methyl sites for hydroxylation is 1. The largest absolute Gasteiger partial charge is 0.313 e. The van der Waals surface area contributed by atoms with Crippen molar-refractivity contribution in [3.63, 3.8) is 0 Å². The average molecular weight is 233 g/mol. The van der Waals surface area contributed by atoms with Crippen LogP contribution in [0.15, 0.2) is 24.3 Å². The molecule has 96 valence electrons. The van der Waals surface area contributed by atoms with Crippen molar-refractivity contribution in [1.29, 1.82) is 0 Å². The van der Waals surface area contributed by atoms with E-state index in [0.29, 0.717) is 6.04 Å². The molecule has 0 radical (unpaired) electrons. The Kier molecular flexibility index (Phi) is 6.28. The van der Waals surface area contributed by atoms with E-state index < -0.39 is 0 Å². The second-order valence-electron chi connectivity index (χ2n) is 5.32. The van der Waals surface area contributed by atoms with Crippen molar-refractivity contribution in [3.05, 3.63) is 35.4 Å². The molecule has 0 fully saturated rings. The van der Waals surface area contributed by atoms with Gasteiger partial charge in [-0.3, -0.25) is 0 Å². The highest BCUT2D eigenvalue weighted by molar-refractivity contribution is 5.25. The van der Waals surface area contributed by atoms with Gasteiger partial charge in [0, 0.05) is 6.04 Å². The molecule has 1 aromatic carbocycles. The second kappa shape index (κ2) is 7.50. The lowest BCUT2D eigenvalue weighted by Crippen LogP contribution is -2.18. The molecule has 1 N–H and O–H groups in total. The Bertz CT molecular complexity index is 300. The van der Waals surface area contributed by atoms with Crippen LogP contribution in [0.5, 0.6) is 0 Å². The third kappa shape index (κ3) is 4.91. The Hall–Kier alpha value is -0.820. The minimum absolute atomic E-state index is 0.496. The number of hydrogen-bond donors (Lipinski definition) is 1. The number of hydrogen-bond acceptors (Lipinski definition) is 1. The molecule has 1 unspecified atom stereocenters. The van der Waals surface area contributed by atoms with Crippen LogP contribution in [0.4, 0.5) is 0 Å². The summed E-state index contributed by atoms with van der Waals surface area (Å²) >= 11 is 0. The van der Waals surface area contributed by atoms with Gasteiger partial charge in [0.25, 0.3) is 0 Å². The fourth-order valence-corrected chi connectivity index (χ4v) is 2.19. The van der Waals surface area contributed by atoms with Crippen LogP contribution < -0.4 is 5.32 Å². The molecule has 0 saturated heterocycles. The molecule has 1 heteroatoms. The summed E-state index contributed by atoms with van der Waals surface area (Å²) in [7, 11) is 2.05. The molecule has 1 rings (SSSR count). The highest BCUT2D eigenvalue weighted by Crippen LogP contribution is 2.21. The molecule has 1 atom stereocenters. The van der Waals surface area contributed by atoms with Gasteiger partial charge in [-0.15, -0.1) is 0 Å². The van der Waals surface area contributed by atoms with Crippen LogP contribution in [-0.4, -0.2) is 7.05 Å². The first-order chi connectivity index (χ1) is 8.17. The molecule has 1 aromatic rings. The summed E-state index contributed by atoms with van der Waals surface area (Å²) in [5.41, 5.74) is 2.89. The SMILES string of the molecule is CCCCc1ccc(C(CC(C)C)NC)cc1. The van der Waals surface area contributed by atoms with Gasteiger partial charge in [0.2, 0.25) is 0 Å². The van der Waals surface area contributed by atoms with Crippen molar-refractivity contribution in [2.75, 3.05) is 7.05 Å². The van der Waals surface area contributed by atoms with Gasteiger partial charge in [-0.2, -0.15) is 0 Å². The highest BCUT2D eigenvalue weighted by atomic mass is 14.9. The van der Waals surface area contributed by atoms with Crippen LogP contribution in [0.1, 0.15) is 57.2 Å². The number of benzene rings is 1. The summed E-state index contributed by atoms with van der Waals surface area (Å²) in [5, 5.41) is 3.41. The Labute approximate surface area is 107 Å². The summed E-state index contributed by atoms with van der Waals surface area (Å²) in [4.78, 5) is 0. The van der Waals surface area contributed by atoms with E-state index >= 15 is 0 Å². The van der Waals surface area contributed by atoms with Crippen molar-refractivity contribution in [1.82, 2.24) is 5.32 Å². The summed E-state index contributed by atoms with van der Waals surface area (Å²) < 4.78 is 0. The molecular weight excluding hydrogens is 206 g/mol. The van der Waals surface area contributed by atoms with E-state index in [4.69, 9.17) is 0 Å². The van der Waals surface area contributed by atoms with Crippen LogP contribution in [0, 0.1) is 5.92 Å². The van der Waals surface area contributed by atoms with E-state index in [2.05, 4.69) is 57.4 Å². The molecule has 1 nitrogen and oxygen atoms in total. The van der Waals surface area contributed by atoms with Crippen molar-refractivity contribution in [3.8, 4) is 0 Å². The standard InChI is InChI=1S/C16H27N/c1-5-6-7-14-8-10-15(11-9-14)16(17-4)12-13(2)3/h8-11,13,16-17H,5-7,12H2,1-4H3. The zero-order chi connectivity index (χ0) is 12.7. The maximum Gasteiger partial charge on any atom is 0.0319 e. The van der Waals surface area contributed by atoms with E-state index in [0.717, 1.165) is 5.92 Å². The fraction of sp³-hybridized carbons (Fsp3) is 0.625. The lowest BCUT2D eigenvalue weighted by atomic mass is 9.96. The number of rotatable bonds is 7. The third-order valence-electron chi connectivity index (χ3n) is 3.26. The average Bonchev–Trinajstić information content (AvgIpc) is 2.34. The van der Waals surface area contributed by atoms with Crippen molar-refractivity contribution in [2.45, 2.75) is 52.5 Å². The smallest absolute Gasteiger partial charge is 0.0319 e. The summed E-state index contributed by atoms with van der Waals surface area (Å²) in [5.74, 6) is 0.729. The highest BCUT2D eigenvalue weighted by Gasteiger charge is 2.10. The zero-order valence-electron chi connectivity index (χ0n) is 11.8. The molecule has 0 spiro atoms. The number of unbranched alkanes of at least 4 members (excludes halogenated alkanes) is 1. The Morgan fingerprint density at radius 1 is 1.12 bits per heavy atom. The van der Waals surface area contributed by atoms with Crippen LogP contribution in [0.3, 0.4) is 0 Å². The van der Waals surface area contributed by atoms with Gasteiger partial charge in [0.05, 0.1) is 0 Å². The molecule has 0 aliphatic rings. The second-order valence-corrected chi connectivity index (χ2v) is 5.32. The molecule has 0 aliphatic carbocycles. The van der Waals surface area contributed by atoms with Crippen molar-refractivity contribution >= 4 is 0 Å². The fourth-order valence-electron chi connectivity index (χ4n) is 2.19. The molecule has 0 saturated carbocycles. The first kappa shape index (κ1) is 14.2. The van der Waals surface area contributed by atoms with Crippen molar-refractivity contribution < 1.29 is 0 Å².